The number of halogens is 1. The average molecular weight is 315 g/mol. The zero-order valence-corrected chi connectivity index (χ0v) is 13.0. The minimum Gasteiger partial charge on any atom is -0.348 e. The zero-order chi connectivity index (χ0) is 15.5. The molecule has 0 aliphatic heterocycles. The van der Waals surface area contributed by atoms with Gasteiger partial charge < -0.3 is 11.1 Å². The first kappa shape index (κ1) is 15.1. The molecule has 114 valence electrons. The summed E-state index contributed by atoms with van der Waals surface area (Å²) in [5.74, 6) is -0.100. The number of fused-ring (bicyclic) bond motifs is 1. The normalized spacial score (nSPS) is 17.8. The van der Waals surface area contributed by atoms with Crippen molar-refractivity contribution in [3.8, 4) is 0 Å². The van der Waals surface area contributed by atoms with Gasteiger partial charge in [0.05, 0.1) is 12.1 Å². The summed E-state index contributed by atoms with van der Waals surface area (Å²) >= 11 is 6.01. The van der Waals surface area contributed by atoms with Crippen LogP contribution in [0.5, 0.6) is 0 Å². The van der Waals surface area contributed by atoms with Crippen LogP contribution in [0.15, 0.2) is 48.5 Å². The van der Waals surface area contributed by atoms with Crippen LogP contribution in [0, 0.1) is 0 Å². The van der Waals surface area contributed by atoms with Gasteiger partial charge in [-0.15, -0.1) is 0 Å². The second kappa shape index (κ2) is 6.51. The quantitative estimate of drug-likeness (QED) is 0.911. The van der Waals surface area contributed by atoms with Gasteiger partial charge in [0.1, 0.15) is 0 Å². The summed E-state index contributed by atoms with van der Waals surface area (Å²) in [7, 11) is 0. The van der Waals surface area contributed by atoms with E-state index < -0.39 is 6.04 Å². The molecule has 3 N–H and O–H groups in total. The summed E-state index contributed by atoms with van der Waals surface area (Å²) in [4.78, 5) is 12.3. The van der Waals surface area contributed by atoms with Crippen LogP contribution in [0.4, 0.5) is 0 Å². The lowest BCUT2D eigenvalue weighted by atomic mass is 10.0. The van der Waals surface area contributed by atoms with E-state index in [1.165, 1.54) is 5.56 Å². The van der Waals surface area contributed by atoms with Crippen molar-refractivity contribution >= 4 is 17.5 Å². The molecule has 22 heavy (non-hydrogen) atoms. The monoisotopic (exact) mass is 314 g/mol. The first-order valence-electron chi connectivity index (χ1n) is 7.51. The topological polar surface area (TPSA) is 55.1 Å². The van der Waals surface area contributed by atoms with Crippen LogP contribution in [0.1, 0.15) is 29.2 Å². The van der Waals surface area contributed by atoms with E-state index in [2.05, 4.69) is 5.32 Å². The first-order chi connectivity index (χ1) is 10.6. The van der Waals surface area contributed by atoms with Crippen molar-refractivity contribution in [2.75, 3.05) is 0 Å². The number of hydrogen-bond acceptors (Lipinski definition) is 2. The van der Waals surface area contributed by atoms with E-state index in [1.807, 2.05) is 48.5 Å². The fraction of sp³-hybridized carbons (Fsp3) is 0.278. The summed E-state index contributed by atoms with van der Waals surface area (Å²) in [6.07, 6.45) is 2.39. The number of nitrogens with one attached hydrogen (secondary N) is 1. The van der Waals surface area contributed by atoms with E-state index in [-0.39, 0.29) is 11.9 Å². The molecule has 0 spiro atoms. The number of amides is 1. The van der Waals surface area contributed by atoms with Gasteiger partial charge in [-0.3, -0.25) is 4.79 Å². The van der Waals surface area contributed by atoms with E-state index in [9.17, 15) is 4.79 Å². The summed E-state index contributed by atoms with van der Waals surface area (Å²) in [6.45, 7) is 0. The van der Waals surface area contributed by atoms with Crippen molar-refractivity contribution in [1.29, 1.82) is 0 Å². The molecule has 0 saturated heterocycles. The molecule has 0 saturated carbocycles. The maximum Gasteiger partial charge on any atom is 0.237 e. The lowest BCUT2D eigenvalue weighted by Gasteiger charge is -2.18. The molecule has 0 aromatic heterocycles. The number of aryl methyl sites for hydroxylation is 1. The highest BCUT2D eigenvalue weighted by Crippen LogP contribution is 2.32. The van der Waals surface area contributed by atoms with E-state index in [1.54, 1.807) is 0 Å². The Balaban J connectivity index is 1.63. The second-order valence-electron chi connectivity index (χ2n) is 5.74. The summed E-state index contributed by atoms with van der Waals surface area (Å²) in [5, 5.41) is 3.81. The zero-order valence-electron chi connectivity index (χ0n) is 12.3. The molecule has 1 aliphatic carbocycles. The Labute approximate surface area is 135 Å². The second-order valence-corrected chi connectivity index (χ2v) is 6.18. The smallest absolute Gasteiger partial charge is 0.237 e. The number of rotatable bonds is 4. The third-order valence-corrected chi connectivity index (χ3v) is 4.37. The number of nitrogens with two attached hydrogens (primary N) is 1. The maximum absolute atomic E-state index is 12.3. The van der Waals surface area contributed by atoms with E-state index in [4.69, 9.17) is 17.3 Å². The van der Waals surface area contributed by atoms with Gasteiger partial charge in [-0.05, 0) is 48.1 Å². The van der Waals surface area contributed by atoms with Crippen LogP contribution in [0.2, 0.25) is 5.02 Å². The van der Waals surface area contributed by atoms with Crippen LogP contribution in [0.3, 0.4) is 0 Å². The third kappa shape index (κ3) is 3.32. The number of carbonyl (C=O) groups excluding carboxylic acids is 1. The fourth-order valence-electron chi connectivity index (χ4n) is 2.98. The Hall–Kier alpha value is -1.84. The minimum atomic E-state index is -0.529. The van der Waals surface area contributed by atoms with Crippen molar-refractivity contribution < 1.29 is 4.79 Å². The molecule has 0 bridgehead atoms. The maximum atomic E-state index is 12.3. The molecule has 0 fully saturated rings. The molecular formula is C18H19ClN2O. The van der Waals surface area contributed by atoms with Crippen molar-refractivity contribution in [1.82, 2.24) is 5.32 Å². The molecule has 1 amide bonds. The molecule has 1 aliphatic rings. The van der Waals surface area contributed by atoms with Crippen molar-refractivity contribution in [2.24, 2.45) is 5.73 Å². The van der Waals surface area contributed by atoms with Gasteiger partial charge in [0.25, 0.3) is 0 Å². The SMILES string of the molecule is N[C@@H](Cc1ccccc1)C(=O)NC1CCc2cc(Cl)ccc21. The van der Waals surface area contributed by atoms with Gasteiger partial charge >= 0.3 is 0 Å². The summed E-state index contributed by atoms with van der Waals surface area (Å²) in [6, 6.07) is 15.2. The van der Waals surface area contributed by atoms with Crippen molar-refractivity contribution in [2.45, 2.75) is 31.3 Å². The predicted molar refractivity (Wildman–Crippen MR) is 88.8 cm³/mol. The molecule has 4 heteroatoms. The standard InChI is InChI=1S/C18H19ClN2O/c19-14-7-8-15-13(11-14)6-9-17(15)21-18(22)16(20)10-12-4-2-1-3-5-12/h1-5,7-8,11,16-17H,6,9-10,20H2,(H,21,22)/t16-,17?/m0/s1. The molecule has 3 rings (SSSR count). The predicted octanol–water partition coefficient (Wildman–Crippen LogP) is 3.01. The van der Waals surface area contributed by atoms with Gasteiger partial charge in [-0.1, -0.05) is 48.0 Å². The Kier molecular flexibility index (Phi) is 4.46. The highest BCUT2D eigenvalue weighted by atomic mass is 35.5. The Morgan fingerprint density at radius 1 is 1.27 bits per heavy atom. The van der Waals surface area contributed by atoms with Crippen LogP contribution in [-0.2, 0) is 17.6 Å². The Bertz CT molecular complexity index is 672. The average Bonchev–Trinajstić information content (AvgIpc) is 2.90. The molecule has 2 atom stereocenters. The van der Waals surface area contributed by atoms with E-state index in [0.29, 0.717) is 6.42 Å². The van der Waals surface area contributed by atoms with Crippen molar-refractivity contribution in [3.05, 3.63) is 70.2 Å². The summed E-state index contributed by atoms with van der Waals surface area (Å²) < 4.78 is 0. The molecule has 2 aromatic rings. The van der Waals surface area contributed by atoms with Gasteiger partial charge in [-0.25, -0.2) is 0 Å². The molecule has 1 unspecified atom stereocenters. The van der Waals surface area contributed by atoms with E-state index >= 15 is 0 Å². The molecular weight excluding hydrogens is 296 g/mol. The van der Waals surface area contributed by atoms with Gasteiger partial charge in [0.2, 0.25) is 5.91 Å². The van der Waals surface area contributed by atoms with Crippen molar-refractivity contribution in [3.63, 3.8) is 0 Å². The molecule has 2 aromatic carbocycles. The number of benzene rings is 2. The Morgan fingerprint density at radius 3 is 2.82 bits per heavy atom. The lowest BCUT2D eigenvalue weighted by Crippen LogP contribution is -2.43. The van der Waals surface area contributed by atoms with Crippen LogP contribution in [-0.4, -0.2) is 11.9 Å². The molecule has 0 heterocycles. The van der Waals surface area contributed by atoms with Gasteiger partial charge in [0.15, 0.2) is 0 Å². The largest absolute Gasteiger partial charge is 0.348 e. The first-order valence-corrected chi connectivity index (χ1v) is 7.89. The fourth-order valence-corrected chi connectivity index (χ4v) is 3.17. The lowest BCUT2D eigenvalue weighted by molar-refractivity contribution is -0.123. The van der Waals surface area contributed by atoms with Gasteiger partial charge in [0, 0.05) is 5.02 Å². The number of carbonyl (C=O) groups is 1. The minimum absolute atomic E-state index is 0.0431. The molecule has 3 nitrogen and oxygen atoms in total. The Morgan fingerprint density at radius 2 is 2.05 bits per heavy atom. The third-order valence-electron chi connectivity index (χ3n) is 4.13. The number of hydrogen-bond donors (Lipinski definition) is 2. The van der Waals surface area contributed by atoms with Gasteiger partial charge in [-0.2, -0.15) is 0 Å². The molecule has 0 radical (unpaired) electrons. The highest BCUT2D eigenvalue weighted by Gasteiger charge is 2.25. The summed E-state index contributed by atoms with van der Waals surface area (Å²) in [5.41, 5.74) is 9.49. The highest BCUT2D eigenvalue weighted by molar-refractivity contribution is 6.30. The van der Waals surface area contributed by atoms with E-state index in [0.717, 1.165) is 29.0 Å². The van der Waals surface area contributed by atoms with Crippen LogP contribution in [0.25, 0.3) is 0 Å². The van der Waals surface area contributed by atoms with Crippen LogP contribution < -0.4 is 11.1 Å². The van der Waals surface area contributed by atoms with Crippen LogP contribution >= 0.6 is 11.6 Å².